The lowest BCUT2D eigenvalue weighted by Gasteiger charge is -2.44. The van der Waals surface area contributed by atoms with Crippen LogP contribution in [-0.2, 0) is 9.59 Å². The standard InChI is InChI=1S/C32H31ClF2N6O4.2C30H30ClF2N5O3.C3H3ClO/c1-6-24(42)39-14-18(5)40(15-17(39)4)30-19-13-20(33)27-25-21(34)7-8-22(35)29(25)45-12-11-44-23-9-10-36-26(16(2)3)28(23)41(31(19)37-27)32(43)38-30;2*1-15(2)24-26-22(9-10-34-24)40-11-12-41-27-21(33)8-7-20(32)23(27)25-19(31)13-18-28(36-30(39)38(26)29(18)35-25)37-14-16(3)5-6-17(37)4;1-2-3(4)5/h6-10,13,16-18H,1,11-12,14-15H2,2-5H3;2*7-10,13,15-17H,5-6,11-12,14H2,1-4H3;2H,1H2/i3*11D2,12D2;. The van der Waals surface area contributed by atoms with E-state index in [1.54, 1.807) is 46.4 Å². The number of aromatic nitrogens is 12. The Morgan fingerprint density at radius 2 is 0.712 bits per heavy atom. The zero-order valence-corrected chi connectivity index (χ0v) is 76.0. The molecule has 6 bridgehead atoms. The van der Waals surface area contributed by atoms with Crippen molar-refractivity contribution in [2.75, 3.05) is 80.2 Å². The van der Waals surface area contributed by atoms with Crippen LogP contribution in [0, 0.1) is 46.7 Å². The molecule has 6 aliphatic heterocycles. The first kappa shape index (κ1) is 79.3. The number of pyridine rings is 6. The maximum absolute atomic E-state index is 15.7. The molecule has 6 atom stereocenters. The molecule has 132 heavy (non-hydrogen) atoms. The van der Waals surface area contributed by atoms with Gasteiger partial charge in [-0.2, -0.15) is 15.0 Å². The first-order chi connectivity index (χ1) is 67.5. The minimum atomic E-state index is -3.44. The van der Waals surface area contributed by atoms with Crippen LogP contribution in [0.25, 0.3) is 83.9 Å². The first-order valence-electron chi connectivity index (χ1n) is 48.0. The number of hydrogen-bond acceptors (Lipinski definition) is 23. The number of rotatable bonds is 8. The number of piperidine rings is 2. The van der Waals surface area contributed by atoms with Crippen molar-refractivity contribution >= 4 is 108 Å². The molecule has 18 rings (SSSR count). The van der Waals surface area contributed by atoms with Crippen LogP contribution in [0.1, 0.15) is 160 Å². The lowest BCUT2D eigenvalue weighted by molar-refractivity contribution is -0.128. The van der Waals surface area contributed by atoms with Gasteiger partial charge < -0.3 is 48.0 Å². The van der Waals surface area contributed by atoms with Gasteiger partial charge in [0, 0.05) is 87.1 Å². The summed E-state index contributed by atoms with van der Waals surface area (Å²) in [6, 6.07) is 11.9. The van der Waals surface area contributed by atoms with Crippen LogP contribution >= 0.6 is 46.4 Å². The minimum absolute atomic E-state index is 0.00912. The quantitative estimate of drug-likeness (QED) is 0.0776. The van der Waals surface area contributed by atoms with E-state index in [-0.39, 0.29) is 161 Å². The Morgan fingerprint density at radius 3 is 1.01 bits per heavy atom. The minimum Gasteiger partial charge on any atom is -0.488 e. The number of carbonyl (C=O) groups is 2. The van der Waals surface area contributed by atoms with Gasteiger partial charge >= 0.3 is 17.1 Å². The zero-order valence-electron chi connectivity index (χ0n) is 85.0. The van der Waals surface area contributed by atoms with Crippen LogP contribution in [-0.4, -0.2) is 164 Å². The predicted molar refractivity (Wildman–Crippen MR) is 495 cm³/mol. The molecule has 3 aromatic carbocycles. The van der Waals surface area contributed by atoms with E-state index < -0.39 is 142 Å². The third-order valence-corrected chi connectivity index (χ3v) is 24.1. The normalized spacial score (nSPS) is 21.7. The van der Waals surface area contributed by atoms with Crippen LogP contribution in [0.5, 0.6) is 34.5 Å². The number of ether oxygens (including phenoxy) is 6. The van der Waals surface area contributed by atoms with Gasteiger partial charge in [-0.3, -0.25) is 24.5 Å². The summed E-state index contributed by atoms with van der Waals surface area (Å²) in [5.41, 5.74) is -5.30. The fraction of sp³-hybridized carbons (Fsp3) is 0.368. The van der Waals surface area contributed by atoms with Crippen LogP contribution in [0.3, 0.4) is 0 Å². The largest absolute Gasteiger partial charge is 0.488 e. The van der Waals surface area contributed by atoms with E-state index in [9.17, 15) is 24.0 Å². The average Bonchev–Trinajstić information content (AvgIpc) is 0.729. The molecule has 3 saturated heterocycles. The summed E-state index contributed by atoms with van der Waals surface area (Å²) >= 11 is 25.0. The number of anilines is 3. The molecule has 6 unspecified atom stereocenters. The third-order valence-electron chi connectivity index (χ3n) is 23.1. The molecule has 12 aromatic rings. The lowest BCUT2D eigenvalue weighted by Crippen LogP contribution is -2.58. The van der Waals surface area contributed by atoms with Gasteiger partial charge in [-0.1, -0.05) is 103 Å². The van der Waals surface area contributed by atoms with E-state index in [0.717, 1.165) is 63.7 Å². The number of hydrogen-bond donors (Lipinski definition) is 0. The lowest BCUT2D eigenvalue weighted by atomic mass is 9.95. The third kappa shape index (κ3) is 18.3. The van der Waals surface area contributed by atoms with E-state index >= 15 is 26.3 Å². The average molecular weight is 1900 g/mol. The van der Waals surface area contributed by atoms with E-state index in [0.29, 0.717) is 65.5 Å². The second-order valence-electron chi connectivity index (χ2n) is 33.2. The number of benzene rings is 3. The van der Waals surface area contributed by atoms with Gasteiger partial charge in [-0.15, -0.1) is 0 Å². The molecule has 0 saturated carbocycles. The molecule has 27 nitrogen and oxygen atoms in total. The van der Waals surface area contributed by atoms with Crippen molar-refractivity contribution in [3.63, 3.8) is 0 Å². The Balaban J connectivity index is 0.000000159. The SMILES string of the molecule is C=CC(=O)Cl.[2H]C1([2H])Oc2ccnc(C(C)C)c2-n2c(=O)nc(N3CC(C)CCC3C)c3cc(Cl)c(nc32)-c2c(F)ccc(F)c2OC1([2H])[2H].[2H]C1([2H])Oc2ccnc(C(C)C)c2-n2c(=O)nc(N3CC(C)CCC3C)c3cc(Cl)c(nc32)-c2c(F)ccc(F)c2OC1([2H])[2H].[2H]C1([2H])Oc2ccnc(C(C)C)c2-n2c(=O)nc(N3CC(C)N(C(=O)C=C)CC3C)c3cc(Cl)c(nc32)-c2c(F)ccc(F)c2OC1([2H])[2H]. The smallest absolute Gasteiger partial charge is 0.356 e. The van der Waals surface area contributed by atoms with E-state index in [2.05, 4.69) is 71.9 Å². The first-order valence-corrected chi connectivity index (χ1v) is 43.5. The highest BCUT2D eigenvalue weighted by Gasteiger charge is 2.39. The van der Waals surface area contributed by atoms with Crippen molar-refractivity contribution in [1.29, 1.82) is 0 Å². The second kappa shape index (κ2) is 39.1. The molecule has 0 radical (unpaired) electrons. The summed E-state index contributed by atoms with van der Waals surface area (Å²) in [6.45, 7) is 10.8. The van der Waals surface area contributed by atoms with Crippen molar-refractivity contribution in [1.82, 2.24) is 63.5 Å². The molecule has 37 heteroatoms. The zero-order chi connectivity index (χ0) is 105. The van der Waals surface area contributed by atoms with Gasteiger partial charge in [0.1, 0.15) is 109 Å². The molecule has 1 amide bonds. The summed E-state index contributed by atoms with van der Waals surface area (Å²) in [4.78, 5) is 113. The summed E-state index contributed by atoms with van der Waals surface area (Å²) in [5, 5.41) is -0.207. The van der Waals surface area contributed by atoms with Crippen molar-refractivity contribution < 1.29 is 80.8 Å². The van der Waals surface area contributed by atoms with Crippen molar-refractivity contribution in [3.05, 3.63) is 215 Å². The van der Waals surface area contributed by atoms with Gasteiger partial charge in [0.25, 0.3) is 0 Å². The Morgan fingerprint density at radius 1 is 0.417 bits per heavy atom. The van der Waals surface area contributed by atoms with Crippen LogP contribution < -0.4 is 60.2 Å². The Kier molecular flexibility index (Phi) is 23.5. The number of allylic oxidation sites excluding steroid dienone is 1. The second-order valence-corrected chi connectivity index (χ2v) is 34.8. The molecule has 0 aliphatic carbocycles. The number of halogens is 10. The molecular weight excluding hydrogens is 1800 g/mol. The van der Waals surface area contributed by atoms with Crippen molar-refractivity contribution in [2.24, 2.45) is 11.8 Å². The molecule has 9 aromatic heterocycles. The fourth-order valence-corrected chi connectivity index (χ4v) is 17.4. The van der Waals surface area contributed by atoms with E-state index in [1.165, 1.54) is 61.1 Å². The van der Waals surface area contributed by atoms with Crippen LogP contribution in [0.2, 0.25) is 15.1 Å². The highest BCUT2D eigenvalue weighted by molar-refractivity contribution is 6.66. The monoisotopic (exact) mass is 1900 g/mol. The summed E-state index contributed by atoms with van der Waals surface area (Å²) in [7, 11) is 0. The number of amides is 1. The molecular formula is C95H94Cl4F6N16O11. The maximum atomic E-state index is 15.7. The summed E-state index contributed by atoms with van der Waals surface area (Å²) < 4.78 is 231. The van der Waals surface area contributed by atoms with Crippen LogP contribution in [0.4, 0.5) is 43.8 Å². The van der Waals surface area contributed by atoms with Gasteiger partial charge in [0.15, 0.2) is 51.6 Å². The van der Waals surface area contributed by atoms with Gasteiger partial charge in [-0.25, -0.2) is 69.4 Å². The summed E-state index contributed by atoms with van der Waals surface area (Å²) in [6.07, 6.45) is 9.90. The maximum Gasteiger partial charge on any atom is 0.356 e. The number of fused-ring (bicyclic) bond motifs is 15. The molecule has 6 aliphatic rings. The Hall–Kier alpha value is -12.5. The molecule has 3 fully saturated rings. The van der Waals surface area contributed by atoms with Gasteiger partial charge in [0.2, 0.25) is 11.1 Å². The molecule has 690 valence electrons. The Bertz CT molecular complexity index is 7160. The molecule has 0 spiro atoms. The van der Waals surface area contributed by atoms with Gasteiger partial charge in [-0.05, 0) is 161 Å². The van der Waals surface area contributed by atoms with E-state index in [4.69, 9.17) is 91.3 Å². The molecule has 15 heterocycles. The number of carbonyl (C=O) groups excluding carboxylic acids is 2. The summed E-state index contributed by atoms with van der Waals surface area (Å²) in [5.74, 6) is -10.7. The topological polar surface area (TPSA) is 284 Å². The van der Waals surface area contributed by atoms with Gasteiger partial charge in [0.05, 0.1) is 98.5 Å². The van der Waals surface area contributed by atoms with Crippen molar-refractivity contribution in [2.45, 2.75) is 151 Å². The number of nitrogens with zero attached hydrogens (tertiary/aromatic N) is 16. The highest BCUT2D eigenvalue weighted by atomic mass is 35.5. The van der Waals surface area contributed by atoms with Crippen LogP contribution in [0.15, 0.2) is 131 Å². The van der Waals surface area contributed by atoms with E-state index in [1.807, 2.05) is 42.4 Å². The number of piperazine rings is 1. The Labute approximate surface area is 791 Å². The fourth-order valence-electron chi connectivity index (χ4n) is 16.7. The van der Waals surface area contributed by atoms with Crippen molar-refractivity contribution in [3.8, 4) is 85.3 Å². The molecule has 0 N–H and O–H groups in total. The highest BCUT2D eigenvalue weighted by Crippen LogP contribution is 2.48. The predicted octanol–water partition coefficient (Wildman–Crippen LogP) is 18.8.